The molecule has 2 fully saturated rings. The molecule has 0 radical (unpaired) electrons. The first-order valence-electron chi connectivity index (χ1n) is 11.9. The second kappa shape index (κ2) is 12.4. The van der Waals surface area contributed by atoms with Crippen LogP contribution >= 0.6 is 23.2 Å². The Kier molecular flexibility index (Phi) is 10.6. The van der Waals surface area contributed by atoms with Gasteiger partial charge < -0.3 is 9.80 Å². The quantitative estimate of drug-likeness (QED) is 0.239. The van der Waals surface area contributed by atoms with Gasteiger partial charge in [-0.15, -0.1) is 23.2 Å². The van der Waals surface area contributed by atoms with E-state index in [2.05, 4.69) is 13.8 Å². The number of amides is 2. The van der Waals surface area contributed by atoms with Gasteiger partial charge in [-0.2, -0.15) is 0 Å². The van der Waals surface area contributed by atoms with E-state index in [-0.39, 0.29) is 11.8 Å². The number of carbonyl (C=O) groups is 2. The van der Waals surface area contributed by atoms with E-state index in [4.69, 9.17) is 23.2 Å². The maximum atomic E-state index is 12.9. The summed E-state index contributed by atoms with van der Waals surface area (Å²) in [6.45, 7) is 5.78. The van der Waals surface area contributed by atoms with Gasteiger partial charge in [-0.1, -0.05) is 78.1 Å². The molecule has 2 heterocycles. The number of alkyl halides is 2. The Morgan fingerprint density at radius 2 is 1.03 bits per heavy atom. The number of rotatable bonds is 14. The Morgan fingerprint density at radius 3 is 1.41 bits per heavy atom. The van der Waals surface area contributed by atoms with E-state index in [9.17, 15) is 9.59 Å². The summed E-state index contributed by atoms with van der Waals surface area (Å²) in [4.78, 5) is 29.5. The minimum Gasteiger partial charge on any atom is -0.318 e. The third-order valence-corrected chi connectivity index (χ3v) is 7.24. The average Bonchev–Trinajstić information content (AvgIpc) is 3.07. The van der Waals surface area contributed by atoms with Gasteiger partial charge in [-0.05, 0) is 12.8 Å². The van der Waals surface area contributed by atoms with E-state index in [1.165, 1.54) is 51.4 Å². The molecule has 29 heavy (non-hydrogen) atoms. The van der Waals surface area contributed by atoms with Crippen molar-refractivity contribution in [2.45, 2.75) is 120 Å². The van der Waals surface area contributed by atoms with Crippen LogP contribution < -0.4 is 0 Å². The molecule has 2 rings (SSSR count). The highest BCUT2D eigenvalue weighted by atomic mass is 35.5. The molecule has 2 aliphatic rings. The number of hydrogen-bond donors (Lipinski definition) is 0. The molecule has 2 atom stereocenters. The zero-order valence-corrected chi connectivity index (χ0v) is 19.9. The Bertz CT molecular complexity index is 483. The van der Waals surface area contributed by atoms with Gasteiger partial charge in [0.05, 0.1) is 0 Å². The summed E-state index contributed by atoms with van der Waals surface area (Å²) in [7, 11) is 0. The maximum Gasteiger partial charge on any atom is 0.242 e. The first-order valence-corrected chi connectivity index (χ1v) is 12.8. The maximum absolute atomic E-state index is 12.9. The highest BCUT2D eigenvalue weighted by Gasteiger charge is 2.60. The van der Waals surface area contributed by atoms with Gasteiger partial charge in [0.15, 0.2) is 0 Å². The van der Waals surface area contributed by atoms with Crippen LogP contribution in [0.15, 0.2) is 0 Å². The van der Waals surface area contributed by atoms with Gasteiger partial charge >= 0.3 is 0 Å². The predicted molar refractivity (Wildman–Crippen MR) is 121 cm³/mol. The SMILES string of the molecule is CCCCCCCCN1C(=O)C(Cl)CC12CC(Cl)C(=O)N2CCCCCCCC. The standard InChI is InChI=1S/C23H40Cl2N2O2/c1-3-5-7-9-11-13-15-26-21(28)19(24)17-23(26)18-20(25)22(29)27(23)16-14-12-10-8-6-4-2/h19-20H,3-18H2,1-2H3. The fraction of sp³-hybridized carbons (Fsp3) is 0.913. The Hall–Kier alpha value is -0.480. The molecule has 0 aromatic rings. The Labute approximate surface area is 187 Å². The van der Waals surface area contributed by atoms with Crippen LogP contribution in [0, 0.1) is 0 Å². The van der Waals surface area contributed by atoms with Crippen molar-refractivity contribution < 1.29 is 9.59 Å². The normalized spacial score (nSPS) is 27.0. The monoisotopic (exact) mass is 446 g/mol. The highest BCUT2D eigenvalue weighted by molar-refractivity contribution is 6.33. The molecule has 0 bridgehead atoms. The average molecular weight is 447 g/mol. The number of likely N-dealkylation sites (tertiary alicyclic amines) is 2. The molecular weight excluding hydrogens is 407 g/mol. The van der Waals surface area contributed by atoms with Crippen molar-refractivity contribution in [3.63, 3.8) is 0 Å². The van der Waals surface area contributed by atoms with Crippen molar-refractivity contribution in [1.82, 2.24) is 9.80 Å². The topological polar surface area (TPSA) is 40.6 Å². The third-order valence-electron chi connectivity index (χ3n) is 6.56. The predicted octanol–water partition coefficient (Wildman–Crippen LogP) is 6.08. The second-order valence-corrected chi connectivity index (χ2v) is 9.89. The van der Waals surface area contributed by atoms with Crippen LogP contribution in [-0.2, 0) is 9.59 Å². The van der Waals surface area contributed by atoms with Crippen molar-refractivity contribution in [3.8, 4) is 0 Å². The minimum atomic E-state index is -0.597. The number of halogens is 2. The molecule has 6 heteroatoms. The number of carbonyl (C=O) groups excluding carboxylic acids is 2. The molecule has 1 spiro atoms. The summed E-state index contributed by atoms with van der Waals surface area (Å²) in [5, 5.41) is -1.09. The molecule has 0 aromatic heterocycles. The van der Waals surface area contributed by atoms with Crippen molar-refractivity contribution in [3.05, 3.63) is 0 Å². The minimum absolute atomic E-state index is 0.0215. The van der Waals surface area contributed by atoms with E-state index in [1.807, 2.05) is 9.80 Å². The lowest BCUT2D eigenvalue weighted by Crippen LogP contribution is -2.56. The fourth-order valence-corrected chi connectivity index (χ4v) is 5.63. The molecule has 4 nitrogen and oxygen atoms in total. The largest absolute Gasteiger partial charge is 0.318 e. The van der Waals surface area contributed by atoms with Crippen molar-refractivity contribution >= 4 is 35.0 Å². The zero-order valence-electron chi connectivity index (χ0n) is 18.4. The lowest BCUT2D eigenvalue weighted by atomic mass is 10.0. The van der Waals surface area contributed by atoms with Crippen LogP contribution in [0.5, 0.6) is 0 Å². The molecular formula is C23H40Cl2N2O2. The van der Waals surface area contributed by atoms with Gasteiger partial charge in [0, 0.05) is 25.9 Å². The number of hydrogen-bond acceptors (Lipinski definition) is 2. The zero-order chi connectivity index (χ0) is 21.3. The van der Waals surface area contributed by atoms with Crippen LogP contribution in [-0.4, -0.2) is 51.1 Å². The van der Waals surface area contributed by atoms with Gasteiger partial charge in [0.1, 0.15) is 16.4 Å². The van der Waals surface area contributed by atoms with E-state index in [0.717, 1.165) is 25.7 Å². The molecule has 2 unspecified atom stereocenters. The third kappa shape index (κ3) is 6.26. The lowest BCUT2D eigenvalue weighted by Gasteiger charge is -2.42. The molecule has 0 N–H and O–H groups in total. The van der Waals surface area contributed by atoms with Gasteiger partial charge in [0.25, 0.3) is 0 Å². The lowest BCUT2D eigenvalue weighted by molar-refractivity contribution is -0.143. The van der Waals surface area contributed by atoms with Crippen molar-refractivity contribution in [2.75, 3.05) is 13.1 Å². The molecule has 168 valence electrons. The summed E-state index contributed by atoms with van der Waals surface area (Å²) in [6, 6.07) is 0. The molecule has 2 aliphatic heterocycles. The van der Waals surface area contributed by atoms with E-state index in [0.29, 0.717) is 25.9 Å². The number of nitrogens with zero attached hydrogens (tertiary/aromatic N) is 2. The Morgan fingerprint density at radius 1 is 0.690 bits per heavy atom. The molecule has 2 amide bonds. The summed E-state index contributed by atoms with van der Waals surface area (Å²) in [6.07, 6.45) is 15.1. The van der Waals surface area contributed by atoms with Crippen LogP contribution in [0.25, 0.3) is 0 Å². The Balaban J connectivity index is 1.98. The molecule has 0 aromatic carbocycles. The second-order valence-electron chi connectivity index (χ2n) is 8.84. The summed E-state index contributed by atoms with van der Waals surface area (Å²) in [5.41, 5.74) is -0.597. The van der Waals surface area contributed by atoms with Crippen molar-refractivity contribution in [2.24, 2.45) is 0 Å². The van der Waals surface area contributed by atoms with Crippen molar-refractivity contribution in [1.29, 1.82) is 0 Å². The van der Waals surface area contributed by atoms with Crippen LogP contribution in [0.3, 0.4) is 0 Å². The van der Waals surface area contributed by atoms with Gasteiger partial charge in [-0.25, -0.2) is 0 Å². The summed E-state index contributed by atoms with van der Waals surface area (Å²) >= 11 is 12.8. The van der Waals surface area contributed by atoms with E-state index < -0.39 is 16.4 Å². The van der Waals surface area contributed by atoms with Crippen LogP contribution in [0.1, 0.15) is 104 Å². The highest BCUT2D eigenvalue weighted by Crippen LogP contribution is 2.45. The number of unbranched alkanes of at least 4 members (excludes halogenated alkanes) is 10. The first-order chi connectivity index (χ1) is 14.0. The fourth-order valence-electron chi connectivity index (χ4n) is 4.90. The summed E-state index contributed by atoms with van der Waals surface area (Å²) < 4.78 is 0. The van der Waals surface area contributed by atoms with E-state index in [1.54, 1.807) is 0 Å². The van der Waals surface area contributed by atoms with Crippen LogP contribution in [0.4, 0.5) is 0 Å². The van der Waals surface area contributed by atoms with Crippen LogP contribution in [0.2, 0.25) is 0 Å². The van der Waals surface area contributed by atoms with E-state index >= 15 is 0 Å². The first kappa shape index (κ1) is 24.8. The smallest absolute Gasteiger partial charge is 0.242 e. The van der Waals surface area contributed by atoms with Gasteiger partial charge in [-0.3, -0.25) is 9.59 Å². The summed E-state index contributed by atoms with van der Waals surface area (Å²) in [5.74, 6) is -0.0431. The molecule has 0 saturated carbocycles. The molecule has 0 aliphatic carbocycles. The molecule has 2 saturated heterocycles. The van der Waals surface area contributed by atoms with Gasteiger partial charge in [0.2, 0.25) is 11.8 Å².